The molecule has 1 saturated heterocycles. The molecule has 1 unspecified atom stereocenters. The second-order valence-corrected chi connectivity index (χ2v) is 4.94. The third-order valence-electron chi connectivity index (χ3n) is 3.34. The van der Waals surface area contributed by atoms with Crippen LogP contribution in [0, 0.1) is 0 Å². The first kappa shape index (κ1) is 14.5. The van der Waals surface area contributed by atoms with Crippen LogP contribution >= 0.6 is 0 Å². The highest BCUT2D eigenvalue weighted by Crippen LogP contribution is 2.08. The maximum atomic E-state index is 11.5. The molecule has 0 aromatic heterocycles. The molecular weight excluding hydrogens is 214 g/mol. The van der Waals surface area contributed by atoms with Gasteiger partial charge in [0.1, 0.15) is 0 Å². The quantitative estimate of drug-likeness (QED) is 0.656. The lowest BCUT2D eigenvalue weighted by atomic mass is 10.1. The Morgan fingerprint density at radius 2 is 2.06 bits per heavy atom. The van der Waals surface area contributed by atoms with Gasteiger partial charge in [0, 0.05) is 6.54 Å². The number of carbonyl (C=O) groups is 1. The van der Waals surface area contributed by atoms with E-state index in [-0.39, 0.29) is 11.9 Å². The molecule has 4 nitrogen and oxygen atoms in total. The van der Waals surface area contributed by atoms with Crippen molar-refractivity contribution in [2.75, 3.05) is 26.2 Å². The van der Waals surface area contributed by atoms with Gasteiger partial charge in [-0.2, -0.15) is 0 Å². The monoisotopic (exact) mass is 241 g/mol. The minimum Gasteiger partial charge on any atom is -0.355 e. The van der Waals surface area contributed by atoms with Gasteiger partial charge in [-0.15, -0.1) is 0 Å². The number of amides is 1. The molecule has 1 aliphatic heterocycles. The lowest BCUT2D eigenvalue weighted by Crippen LogP contribution is -2.41. The molecule has 1 aliphatic rings. The number of nitrogens with two attached hydrogens (primary N) is 1. The number of nitrogens with one attached hydrogen (secondary N) is 1. The van der Waals surface area contributed by atoms with Crippen LogP contribution in [0.5, 0.6) is 0 Å². The van der Waals surface area contributed by atoms with Gasteiger partial charge < -0.3 is 16.0 Å². The van der Waals surface area contributed by atoms with Crippen molar-refractivity contribution in [3.8, 4) is 0 Å². The lowest BCUT2D eigenvalue weighted by molar-refractivity contribution is -0.122. The molecule has 0 spiro atoms. The van der Waals surface area contributed by atoms with Gasteiger partial charge in [-0.25, -0.2) is 0 Å². The predicted molar refractivity (Wildman–Crippen MR) is 70.8 cm³/mol. The van der Waals surface area contributed by atoms with E-state index in [0.29, 0.717) is 0 Å². The van der Waals surface area contributed by atoms with Crippen molar-refractivity contribution in [1.29, 1.82) is 0 Å². The number of likely N-dealkylation sites (tertiary alicyclic amines) is 1. The third kappa shape index (κ3) is 6.03. The fourth-order valence-electron chi connectivity index (χ4n) is 2.27. The number of hydrogen-bond donors (Lipinski definition) is 2. The van der Waals surface area contributed by atoms with E-state index < -0.39 is 0 Å². The predicted octanol–water partition coefficient (Wildman–Crippen LogP) is 1.11. The first-order chi connectivity index (χ1) is 8.24. The molecule has 0 aromatic rings. The molecule has 100 valence electrons. The van der Waals surface area contributed by atoms with Crippen molar-refractivity contribution >= 4 is 5.91 Å². The van der Waals surface area contributed by atoms with E-state index in [1.807, 2.05) is 6.92 Å². The van der Waals surface area contributed by atoms with Crippen LogP contribution in [0.25, 0.3) is 0 Å². The van der Waals surface area contributed by atoms with Gasteiger partial charge in [-0.3, -0.25) is 4.79 Å². The second kappa shape index (κ2) is 8.48. The molecule has 1 rings (SSSR count). The van der Waals surface area contributed by atoms with Crippen LogP contribution in [0.15, 0.2) is 0 Å². The SMILES string of the molecule is CCCC(N)C(=O)NCCCN1CCCCC1. The number of piperidine rings is 1. The van der Waals surface area contributed by atoms with Crippen LogP contribution < -0.4 is 11.1 Å². The summed E-state index contributed by atoms with van der Waals surface area (Å²) in [5, 5.41) is 2.92. The molecule has 3 N–H and O–H groups in total. The average molecular weight is 241 g/mol. The smallest absolute Gasteiger partial charge is 0.236 e. The molecular formula is C13H27N3O. The Bertz CT molecular complexity index is 215. The summed E-state index contributed by atoms with van der Waals surface area (Å²) in [6.07, 6.45) is 6.80. The Balaban J connectivity index is 2.01. The summed E-state index contributed by atoms with van der Waals surface area (Å²) in [5.41, 5.74) is 5.73. The molecule has 0 aliphatic carbocycles. The van der Waals surface area contributed by atoms with Crippen molar-refractivity contribution < 1.29 is 4.79 Å². The normalized spacial score (nSPS) is 18.9. The van der Waals surface area contributed by atoms with Crippen LogP contribution in [-0.4, -0.2) is 43.0 Å². The van der Waals surface area contributed by atoms with E-state index in [0.717, 1.165) is 32.4 Å². The van der Waals surface area contributed by atoms with Crippen LogP contribution in [0.3, 0.4) is 0 Å². The molecule has 0 radical (unpaired) electrons. The Morgan fingerprint density at radius 1 is 1.35 bits per heavy atom. The minimum absolute atomic E-state index is 0.00509. The van der Waals surface area contributed by atoms with Crippen molar-refractivity contribution in [3.05, 3.63) is 0 Å². The van der Waals surface area contributed by atoms with Gasteiger partial charge in [0.05, 0.1) is 6.04 Å². The van der Waals surface area contributed by atoms with E-state index in [2.05, 4.69) is 10.2 Å². The summed E-state index contributed by atoms with van der Waals surface area (Å²) in [4.78, 5) is 14.0. The summed E-state index contributed by atoms with van der Waals surface area (Å²) in [5.74, 6) is 0.00509. The highest BCUT2D eigenvalue weighted by atomic mass is 16.2. The molecule has 0 bridgehead atoms. The molecule has 0 saturated carbocycles. The van der Waals surface area contributed by atoms with E-state index in [1.165, 1.54) is 32.4 Å². The summed E-state index contributed by atoms with van der Waals surface area (Å²) in [6.45, 7) is 6.35. The number of hydrogen-bond acceptors (Lipinski definition) is 3. The van der Waals surface area contributed by atoms with E-state index in [4.69, 9.17) is 5.73 Å². The second-order valence-electron chi connectivity index (χ2n) is 4.94. The van der Waals surface area contributed by atoms with Gasteiger partial charge in [-0.1, -0.05) is 19.8 Å². The highest BCUT2D eigenvalue weighted by Gasteiger charge is 2.12. The van der Waals surface area contributed by atoms with Crippen LogP contribution in [0.1, 0.15) is 45.4 Å². The fourth-order valence-corrected chi connectivity index (χ4v) is 2.27. The van der Waals surface area contributed by atoms with Gasteiger partial charge in [-0.05, 0) is 45.3 Å². The summed E-state index contributed by atoms with van der Waals surface area (Å²) < 4.78 is 0. The molecule has 0 aromatic carbocycles. The maximum Gasteiger partial charge on any atom is 0.236 e. The van der Waals surface area contributed by atoms with Crippen LogP contribution in [-0.2, 0) is 4.79 Å². The molecule has 1 amide bonds. The fraction of sp³-hybridized carbons (Fsp3) is 0.923. The lowest BCUT2D eigenvalue weighted by Gasteiger charge is -2.26. The largest absolute Gasteiger partial charge is 0.355 e. The number of nitrogens with zero attached hydrogens (tertiary/aromatic N) is 1. The summed E-state index contributed by atoms with van der Waals surface area (Å²) >= 11 is 0. The van der Waals surface area contributed by atoms with Crippen LogP contribution in [0.4, 0.5) is 0 Å². The van der Waals surface area contributed by atoms with Crippen molar-refractivity contribution in [3.63, 3.8) is 0 Å². The van der Waals surface area contributed by atoms with Gasteiger partial charge in [0.2, 0.25) is 5.91 Å². The standard InChI is InChI=1S/C13H27N3O/c1-2-7-12(14)13(17)15-8-6-11-16-9-4-3-5-10-16/h12H,2-11,14H2,1H3,(H,15,17). The average Bonchev–Trinajstić information content (AvgIpc) is 2.36. The van der Waals surface area contributed by atoms with Crippen LogP contribution in [0.2, 0.25) is 0 Å². The van der Waals surface area contributed by atoms with Crippen molar-refractivity contribution in [2.24, 2.45) is 5.73 Å². The molecule has 1 fully saturated rings. The van der Waals surface area contributed by atoms with Crippen molar-refractivity contribution in [1.82, 2.24) is 10.2 Å². The Labute approximate surface area is 105 Å². The Hall–Kier alpha value is -0.610. The highest BCUT2D eigenvalue weighted by molar-refractivity contribution is 5.81. The Kier molecular flexibility index (Phi) is 7.21. The maximum absolute atomic E-state index is 11.5. The van der Waals surface area contributed by atoms with Crippen molar-refractivity contribution in [2.45, 2.75) is 51.5 Å². The minimum atomic E-state index is -0.324. The van der Waals surface area contributed by atoms with E-state index in [1.54, 1.807) is 0 Å². The van der Waals surface area contributed by atoms with Gasteiger partial charge in [0.25, 0.3) is 0 Å². The topological polar surface area (TPSA) is 58.4 Å². The van der Waals surface area contributed by atoms with E-state index in [9.17, 15) is 4.79 Å². The first-order valence-corrected chi connectivity index (χ1v) is 6.99. The molecule has 1 atom stereocenters. The third-order valence-corrected chi connectivity index (χ3v) is 3.34. The summed E-state index contributed by atoms with van der Waals surface area (Å²) in [7, 11) is 0. The number of rotatable bonds is 7. The zero-order valence-electron chi connectivity index (χ0n) is 11.1. The van der Waals surface area contributed by atoms with Gasteiger partial charge >= 0.3 is 0 Å². The number of carbonyl (C=O) groups excluding carboxylic acids is 1. The van der Waals surface area contributed by atoms with Gasteiger partial charge in [0.15, 0.2) is 0 Å². The zero-order chi connectivity index (χ0) is 12.5. The first-order valence-electron chi connectivity index (χ1n) is 6.99. The molecule has 17 heavy (non-hydrogen) atoms. The van der Waals surface area contributed by atoms with E-state index >= 15 is 0 Å². The summed E-state index contributed by atoms with van der Waals surface area (Å²) in [6, 6.07) is -0.324. The molecule has 4 heteroatoms. The molecule has 1 heterocycles. The zero-order valence-corrected chi connectivity index (χ0v) is 11.1. The Morgan fingerprint density at radius 3 is 2.71 bits per heavy atom.